The van der Waals surface area contributed by atoms with E-state index in [1.807, 2.05) is 19.9 Å². The van der Waals surface area contributed by atoms with Gasteiger partial charge >= 0.3 is 0 Å². The number of aryl methyl sites for hydroxylation is 2. The molecule has 0 spiro atoms. The molecule has 0 aromatic heterocycles. The molecule has 0 amide bonds. The highest BCUT2D eigenvalue weighted by Crippen LogP contribution is 2.29. The number of carbonyl (C=O) groups is 1. The van der Waals surface area contributed by atoms with Gasteiger partial charge in [-0.1, -0.05) is 6.07 Å². The summed E-state index contributed by atoms with van der Waals surface area (Å²) >= 11 is 0. The molecule has 0 aliphatic rings. The smallest absolute Gasteiger partial charge is 0.155 e. The fraction of sp³-hybridized carbons (Fsp3) is 0.300. The average Bonchev–Trinajstić information content (AvgIpc) is 2.10. The Kier molecular flexibility index (Phi) is 2.56. The van der Waals surface area contributed by atoms with Crippen LogP contribution in [0.1, 0.15) is 21.5 Å². The molecule has 1 aromatic rings. The van der Waals surface area contributed by atoms with Gasteiger partial charge < -0.3 is 10.5 Å². The molecule has 0 saturated carbocycles. The molecule has 0 unspecified atom stereocenters. The summed E-state index contributed by atoms with van der Waals surface area (Å²) in [4.78, 5) is 10.8. The number of nitrogen functional groups attached to an aromatic ring is 1. The highest BCUT2D eigenvalue weighted by atomic mass is 16.5. The molecule has 1 aromatic carbocycles. The quantitative estimate of drug-likeness (QED) is 0.555. The van der Waals surface area contributed by atoms with Gasteiger partial charge in [0.05, 0.1) is 12.7 Å². The molecular weight excluding hydrogens is 166 g/mol. The van der Waals surface area contributed by atoms with Crippen LogP contribution in [0, 0.1) is 13.8 Å². The molecule has 0 atom stereocenters. The van der Waals surface area contributed by atoms with Gasteiger partial charge in [-0.3, -0.25) is 4.79 Å². The standard InChI is InChI=1S/C10H13NO2/c1-6-4-7(2)10(13-3)8(5-12)9(6)11/h4-5H,11H2,1-3H3. The van der Waals surface area contributed by atoms with Gasteiger partial charge in [-0.15, -0.1) is 0 Å². The highest BCUT2D eigenvalue weighted by Gasteiger charge is 2.11. The van der Waals surface area contributed by atoms with Crippen LogP contribution in [0.2, 0.25) is 0 Å². The molecule has 70 valence electrons. The van der Waals surface area contributed by atoms with Gasteiger partial charge in [-0.25, -0.2) is 0 Å². The van der Waals surface area contributed by atoms with Crippen LogP contribution in [0.15, 0.2) is 6.07 Å². The summed E-state index contributed by atoms with van der Waals surface area (Å²) in [5.74, 6) is 0.568. The van der Waals surface area contributed by atoms with Crippen LogP contribution in [0.5, 0.6) is 5.75 Å². The SMILES string of the molecule is COc1c(C)cc(C)c(N)c1C=O. The molecule has 3 nitrogen and oxygen atoms in total. The second kappa shape index (κ2) is 3.47. The Morgan fingerprint density at radius 3 is 2.46 bits per heavy atom. The number of ether oxygens (including phenoxy) is 1. The monoisotopic (exact) mass is 179 g/mol. The van der Waals surface area contributed by atoms with E-state index in [1.165, 1.54) is 7.11 Å². The average molecular weight is 179 g/mol. The van der Waals surface area contributed by atoms with Crippen molar-refractivity contribution >= 4 is 12.0 Å². The zero-order valence-corrected chi connectivity index (χ0v) is 8.05. The topological polar surface area (TPSA) is 52.3 Å². The molecule has 0 aliphatic carbocycles. The normalized spacial score (nSPS) is 9.77. The van der Waals surface area contributed by atoms with Crippen molar-refractivity contribution in [2.24, 2.45) is 0 Å². The van der Waals surface area contributed by atoms with Crippen molar-refractivity contribution in [2.45, 2.75) is 13.8 Å². The van der Waals surface area contributed by atoms with Gasteiger partial charge in [-0.2, -0.15) is 0 Å². The molecule has 0 fully saturated rings. The lowest BCUT2D eigenvalue weighted by atomic mass is 10.0. The Hall–Kier alpha value is -1.51. The summed E-state index contributed by atoms with van der Waals surface area (Å²) in [6.07, 6.45) is 0.730. The fourth-order valence-electron chi connectivity index (χ4n) is 1.40. The lowest BCUT2D eigenvalue weighted by Crippen LogP contribution is -2.01. The van der Waals surface area contributed by atoms with E-state index in [0.717, 1.165) is 17.4 Å². The molecule has 3 heteroatoms. The van der Waals surface area contributed by atoms with Crippen LogP contribution in [-0.2, 0) is 0 Å². The molecule has 0 radical (unpaired) electrons. The van der Waals surface area contributed by atoms with Crippen molar-refractivity contribution in [1.82, 2.24) is 0 Å². The maximum absolute atomic E-state index is 10.8. The Morgan fingerprint density at radius 2 is 2.00 bits per heavy atom. The van der Waals surface area contributed by atoms with Gasteiger partial charge in [-0.05, 0) is 25.0 Å². The van der Waals surface area contributed by atoms with Crippen molar-refractivity contribution < 1.29 is 9.53 Å². The predicted molar refractivity (Wildman–Crippen MR) is 52.3 cm³/mol. The van der Waals surface area contributed by atoms with E-state index in [-0.39, 0.29) is 0 Å². The van der Waals surface area contributed by atoms with Crippen LogP contribution in [0.25, 0.3) is 0 Å². The van der Waals surface area contributed by atoms with Crippen LogP contribution in [0.3, 0.4) is 0 Å². The third kappa shape index (κ3) is 1.49. The van der Waals surface area contributed by atoms with E-state index >= 15 is 0 Å². The van der Waals surface area contributed by atoms with Crippen molar-refractivity contribution in [2.75, 3.05) is 12.8 Å². The van der Waals surface area contributed by atoms with Crippen LogP contribution in [-0.4, -0.2) is 13.4 Å². The van der Waals surface area contributed by atoms with E-state index in [4.69, 9.17) is 10.5 Å². The molecule has 0 aliphatic heterocycles. The minimum Gasteiger partial charge on any atom is -0.496 e. The Morgan fingerprint density at radius 1 is 1.38 bits per heavy atom. The van der Waals surface area contributed by atoms with Gasteiger partial charge in [0.25, 0.3) is 0 Å². The van der Waals surface area contributed by atoms with Gasteiger partial charge in [0.15, 0.2) is 6.29 Å². The third-order valence-electron chi connectivity index (χ3n) is 2.07. The van der Waals surface area contributed by atoms with E-state index in [9.17, 15) is 4.79 Å². The molecule has 2 N–H and O–H groups in total. The number of benzene rings is 1. The third-order valence-corrected chi connectivity index (χ3v) is 2.07. The second-order valence-electron chi connectivity index (χ2n) is 2.99. The van der Waals surface area contributed by atoms with Gasteiger partial charge in [0.1, 0.15) is 5.75 Å². The highest BCUT2D eigenvalue weighted by molar-refractivity contribution is 5.89. The summed E-state index contributed by atoms with van der Waals surface area (Å²) in [7, 11) is 1.53. The summed E-state index contributed by atoms with van der Waals surface area (Å²) in [6, 6.07) is 1.90. The number of hydrogen-bond donors (Lipinski definition) is 1. The number of aldehydes is 1. The number of hydrogen-bond acceptors (Lipinski definition) is 3. The Bertz CT molecular complexity index is 345. The molecule has 1 rings (SSSR count). The lowest BCUT2D eigenvalue weighted by Gasteiger charge is -2.11. The zero-order valence-electron chi connectivity index (χ0n) is 8.05. The number of carbonyl (C=O) groups excluding carboxylic acids is 1. The first kappa shape index (κ1) is 9.58. The first-order valence-corrected chi connectivity index (χ1v) is 4.00. The molecule has 0 heterocycles. The summed E-state index contributed by atoms with van der Waals surface area (Å²) in [5, 5.41) is 0. The number of methoxy groups -OCH3 is 1. The van der Waals surface area contributed by atoms with Crippen molar-refractivity contribution in [1.29, 1.82) is 0 Å². The largest absolute Gasteiger partial charge is 0.496 e. The van der Waals surface area contributed by atoms with Crippen molar-refractivity contribution in [3.63, 3.8) is 0 Å². The van der Waals surface area contributed by atoms with Gasteiger partial charge in [0, 0.05) is 5.69 Å². The molecular formula is C10H13NO2. The Balaban J connectivity index is 3.50. The Labute approximate surface area is 77.5 Å². The molecule has 0 bridgehead atoms. The summed E-state index contributed by atoms with van der Waals surface area (Å²) in [5.41, 5.74) is 8.50. The van der Waals surface area contributed by atoms with E-state index in [1.54, 1.807) is 0 Å². The minimum atomic E-state index is 0.444. The van der Waals surface area contributed by atoms with Crippen LogP contribution < -0.4 is 10.5 Å². The minimum absolute atomic E-state index is 0.444. The number of rotatable bonds is 2. The van der Waals surface area contributed by atoms with E-state index in [0.29, 0.717) is 17.0 Å². The van der Waals surface area contributed by atoms with Crippen molar-refractivity contribution in [3.05, 3.63) is 22.8 Å². The lowest BCUT2D eigenvalue weighted by molar-refractivity contribution is 0.112. The first-order chi connectivity index (χ1) is 6.11. The number of anilines is 1. The molecule has 13 heavy (non-hydrogen) atoms. The van der Waals surface area contributed by atoms with E-state index < -0.39 is 0 Å². The van der Waals surface area contributed by atoms with Crippen LogP contribution >= 0.6 is 0 Å². The zero-order chi connectivity index (χ0) is 10.0. The van der Waals surface area contributed by atoms with Crippen molar-refractivity contribution in [3.8, 4) is 5.75 Å². The second-order valence-corrected chi connectivity index (χ2v) is 2.99. The molecule has 0 saturated heterocycles. The maximum Gasteiger partial charge on any atom is 0.155 e. The predicted octanol–water partition coefficient (Wildman–Crippen LogP) is 1.71. The maximum atomic E-state index is 10.8. The van der Waals surface area contributed by atoms with E-state index in [2.05, 4.69) is 0 Å². The summed E-state index contributed by atoms with van der Waals surface area (Å²) in [6.45, 7) is 3.76. The summed E-state index contributed by atoms with van der Waals surface area (Å²) < 4.78 is 5.09. The fourth-order valence-corrected chi connectivity index (χ4v) is 1.40. The first-order valence-electron chi connectivity index (χ1n) is 4.00. The van der Waals surface area contributed by atoms with Gasteiger partial charge in [0.2, 0.25) is 0 Å². The van der Waals surface area contributed by atoms with Crippen LogP contribution in [0.4, 0.5) is 5.69 Å². The number of nitrogens with two attached hydrogens (primary N) is 1.